The SMILES string of the molecule is [2H]c1c([2H])c(C(C([2H])([2H])[2H])(C([2H])([2H])[2H])C([2H])([2H])[2H])c([2H])c([2H])c1-c1cc[n+]2c(c1)-c1cc(C(C)(C)C)cc3c1C21Oc2c(cc(C(C)(C)C)cc2C(C)(C)C)C2N(c4ccc(-c5cccc(C(C)(C)C)c5)cc4C([2H])([2H])[2H])c4cccc-3c4N21. The van der Waals surface area contributed by atoms with Crippen LogP contribution in [0.15, 0.2) is 127 Å². The van der Waals surface area contributed by atoms with Crippen molar-refractivity contribution in [1.29, 1.82) is 0 Å². The number of para-hydroxylation sites is 1. The fourth-order valence-electron chi connectivity index (χ4n) is 10.7. The summed E-state index contributed by atoms with van der Waals surface area (Å²) in [5.74, 6) is -0.986. The minimum Gasteiger partial charge on any atom is -0.410 e. The third-order valence-electron chi connectivity index (χ3n) is 14.4. The maximum Gasteiger partial charge on any atom is 0.432 e. The summed E-state index contributed by atoms with van der Waals surface area (Å²) in [5.41, 5.74) is 5.64. The number of pyridine rings is 1. The number of hydrogen-bond donors (Lipinski definition) is 0. The quantitative estimate of drug-likeness (QED) is 0.165. The van der Waals surface area contributed by atoms with E-state index in [0.29, 0.717) is 22.7 Å². The molecule has 346 valence electrons. The Labute approximate surface area is 429 Å². The lowest BCUT2D eigenvalue weighted by Gasteiger charge is -2.49. The van der Waals surface area contributed by atoms with Gasteiger partial charge in [-0.25, -0.2) is 4.90 Å². The predicted molar refractivity (Wildman–Crippen MR) is 285 cm³/mol. The van der Waals surface area contributed by atoms with Crippen LogP contribution >= 0.6 is 0 Å². The third-order valence-corrected chi connectivity index (χ3v) is 14.4. The zero-order valence-electron chi connectivity index (χ0n) is 57.1. The summed E-state index contributed by atoms with van der Waals surface area (Å²) in [6.45, 7) is 11.5. The summed E-state index contributed by atoms with van der Waals surface area (Å²) < 4.78 is 152. The number of nitrogens with zero attached hydrogens (tertiary/aromatic N) is 3. The van der Waals surface area contributed by atoms with Crippen LogP contribution in [0.4, 0.5) is 17.1 Å². The molecule has 1 aromatic heterocycles. The molecular weight excluding hydrogens is 827 g/mol. The van der Waals surface area contributed by atoms with Crippen molar-refractivity contribution < 1.29 is 31.2 Å². The van der Waals surface area contributed by atoms with Gasteiger partial charge >= 0.3 is 5.85 Å². The van der Waals surface area contributed by atoms with Crippen LogP contribution in [0.2, 0.25) is 0 Å². The molecule has 0 N–H and O–H groups in total. The van der Waals surface area contributed by atoms with Gasteiger partial charge in [0.25, 0.3) is 0 Å². The lowest BCUT2D eigenvalue weighted by atomic mass is 9.77. The van der Waals surface area contributed by atoms with Gasteiger partial charge < -0.3 is 9.64 Å². The molecule has 0 bridgehead atoms. The average molecular weight is 913 g/mol. The molecule has 68 heavy (non-hydrogen) atoms. The first-order chi connectivity index (χ1) is 38.4. The standard InChI is InChI=1S/C64H70N3O/c1-38-31-41(40-19-17-20-44(32-40)60(5,6)7)25-28-52(38)66-53-22-18-21-47-48-34-45(61(8,9)10)35-49-54-33-42(39-23-26-43(27-24-39)59(2,3)4)29-30-65(54)64(55(48)49)67(56(47)53)58(66)50-36-46(62(11,12)13)37-51(57(50)68-64)63(14,15)16/h17-37,58H,1-16H3/q+1/i1D3,2D3,3D3,4D3,23D,24D,26D,27D. The van der Waals surface area contributed by atoms with Gasteiger partial charge in [-0.3, -0.25) is 0 Å². The molecule has 11 rings (SSSR count). The molecule has 2 unspecified atom stereocenters. The molecule has 1 spiro atoms. The van der Waals surface area contributed by atoms with Gasteiger partial charge in [0, 0.05) is 56.5 Å². The van der Waals surface area contributed by atoms with Crippen molar-refractivity contribution in [2.45, 2.75) is 150 Å². The minimum atomic E-state index is -3.84. The summed E-state index contributed by atoms with van der Waals surface area (Å²) in [4.78, 5) is 4.41. The molecule has 5 heterocycles. The molecule has 0 fully saturated rings. The first-order valence-electron chi connectivity index (χ1n) is 31.6. The monoisotopic (exact) mass is 913 g/mol. The molecular formula is C64H70N3O+. The van der Waals surface area contributed by atoms with Gasteiger partial charge in [0.15, 0.2) is 6.20 Å². The second kappa shape index (κ2) is 14.2. The Morgan fingerprint density at radius 2 is 1.22 bits per heavy atom. The molecule has 0 saturated carbocycles. The van der Waals surface area contributed by atoms with Crippen LogP contribution in [0.5, 0.6) is 5.75 Å². The Hall–Kier alpha value is -6.13. The molecule has 0 amide bonds. The van der Waals surface area contributed by atoms with E-state index in [9.17, 15) is 9.60 Å². The molecule has 0 radical (unpaired) electrons. The fraction of sp³-hybridized carbons (Fsp3) is 0.359. The van der Waals surface area contributed by atoms with Crippen molar-refractivity contribution in [2.75, 3.05) is 9.80 Å². The number of rotatable bonds is 3. The van der Waals surface area contributed by atoms with Gasteiger partial charge in [0.05, 0.1) is 22.4 Å². The largest absolute Gasteiger partial charge is 0.432 e. The molecule has 0 aliphatic carbocycles. The molecule has 4 nitrogen and oxygen atoms in total. The van der Waals surface area contributed by atoms with E-state index in [1.165, 1.54) is 0 Å². The molecule has 0 saturated heterocycles. The summed E-state index contributed by atoms with van der Waals surface area (Å²) in [6.07, 6.45) is 0.986. The summed E-state index contributed by atoms with van der Waals surface area (Å²) in [6, 6.07) is 28.2. The van der Waals surface area contributed by atoms with E-state index in [1.807, 2.05) is 41.0 Å². The zero-order chi connectivity index (χ0) is 61.9. The lowest BCUT2D eigenvalue weighted by Crippen LogP contribution is -2.71. The normalized spacial score (nSPS) is 22.1. The van der Waals surface area contributed by atoms with Crippen molar-refractivity contribution in [3.8, 4) is 50.4 Å². The van der Waals surface area contributed by atoms with E-state index in [1.54, 1.807) is 24.4 Å². The number of ether oxygens (including phenoxy) is 1. The van der Waals surface area contributed by atoms with Crippen LogP contribution < -0.4 is 19.1 Å². The van der Waals surface area contributed by atoms with Crippen LogP contribution in [0.1, 0.15) is 176 Å². The van der Waals surface area contributed by atoms with Crippen molar-refractivity contribution in [2.24, 2.45) is 0 Å². The van der Waals surface area contributed by atoms with E-state index >= 15 is 0 Å². The average Bonchev–Trinajstić information content (AvgIpc) is 1.74. The number of aryl methyl sites for hydroxylation is 1. The Bertz CT molecular complexity index is 3890. The van der Waals surface area contributed by atoms with E-state index in [2.05, 4.69) is 135 Å². The first-order valence-corrected chi connectivity index (χ1v) is 23.6. The highest BCUT2D eigenvalue weighted by molar-refractivity contribution is 6.02. The number of aromatic nitrogens is 1. The molecule has 4 heteroatoms. The highest BCUT2D eigenvalue weighted by atomic mass is 16.5. The molecule has 4 aliphatic heterocycles. The summed E-state index contributed by atoms with van der Waals surface area (Å²) >= 11 is 0. The second-order valence-corrected chi connectivity index (χ2v) is 23.4. The Kier molecular flexibility index (Phi) is 6.21. The van der Waals surface area contributed by atoms with Gasteiger partial charge in [-0.1, -0.05) is 176 Å². The van der Waals surface area contributed by atoms with Crippen LogP contribution in [0, 0.1) is 6.85 Å². The van der Waals surface area contributed by atoms with E-state index in [-0.39, 0.29) is 27.5 Å². The van der Waals surface area contributed by atoms with Crippen molar-refractivity contribution >= 4 is 17.1 Å². The highest BCUT2D eigenvalue weighted by Crippen LogP contribution is 2.68. The van der Waals surface area contributed by atoms with E-state index in [4.69, 9.17) is 17.1 Å². The van der Waals surface area contributed by atoms with Crippen LogP contribution in [0.25, 0.3) is 44.6 Å². The fourth-order valence-corrected chi connectivity index (χ4v) is 10.7. The van der Waals surface area contributed by atoms with Crippen LogP contribution in [-0.2, 0) is 32.9 Å². The maximum atomic E-state index is 9.51. The predicted octanol–water partition coefficient (Wildman–Crippen LogP) is 16.5. The second-order valence-electron chi connectivity index (χ2n) is 23.4. The molecule has 6 aromatic carbocycles. The van der Waals surface area contributed by atoms with E-state index < -0.39 is 85.4 Å². The van der Waals surface area contributed by atoms with Crippen molar-refractivity contribution in [3.63, 3.8) is 0 Å². The van der Waals surface area contributed by atoms with Gasteiger partial charge in [-0.15, -0.1) is 4.57 Å². The zero-order valence-corrected chi connectivity index (χ0v) is 41.1. The number of hydrogen-bond acceptors (Lipinski definition) is 3. The third kappa shape index (κ3) is 6.49. The maximum absolute atomic E-state index is 9.51. The lowest BCUT2D eigenvalue weighted by molar-refractivity contribution is -0.774. The van der Waals surface area contributed by atoms with Gasteiger partial charge in [-0.05, 0) is 120 Å². The highest BCUT2D eigenvalue weighted by Gasteiger charge is 2.70. The van der Waals surface area contributed by atoms with Crippen molar-refractivity contribution in [3.05, 3.63) is 172 Å². The van der Waals surface area contributed by atoms with Gasteiger partial charge in [0.2, 0.25) is 5.69 Å². The number of anilines is 3. The summed E-state index contributed by atoms with van der Waals surface area (Å²) in [7, 11) is 0. The molecule has 4 aliphatic rings. The van der Waals surface area contributed by atoms with Crippen LogP contribution in [0.3, 0.4) is 0 Å². The Morgan fingerprint density at radius 3 is 1.90 bits per heavy atom. The molecule has 2 atom stereocenters. The summed E-state index contributed by atoms with van der Waals surface area (Å²) in [5, 5.41) is 0. The van der Waals surface area contributed by atoms with E-state index in [0.717, 1.165) is 67.0 Å². The van der Waals surface area contributed by atoms with Gasteiger partial charge in [-0.2, -0.15) is 0 Å². The Balaban J connectivity index is 1.25. The van der Waals surface area contributed by atoms with Crippen LogP contribution in [-0.4, -0.2) is 0 Å². The minimum absolute atomic E-state index is 0.145. The first kappa shape index (κ1) is 29.7. The molecule has 7 aromatic rings. The Morgan fingerprint density at radius 1 is 0.559 bits per heavy atom. The smallest absolute Gasteiger partial charge is 0.410 e. The van der Waals surface area contributed by atoms with Gasteiger partial charge in [0.1, 0.15) is 17.5 Å². The number of fused-ring (bicyclic) bond motifs is 5. The van der Waals surface area contributed by atoms with Crippen molar-refractivity contribution in [1.82, 2.24) is 0 Å². The number of benzene rings is 6. The topological polar surface area (TPSA) is 19.6 Å².